The molecule has 1 aliphatic heterocycles. The Bertz CT molecular complexity index is 973. The number of anilines is 3. The van der Waals surface area contributed by atoms with Gasteiger partial charge in [-0.2, -0.15) is 0 Å². The van der Waals surface area contributed by atoms with Crippen LogP contribution in [0.2, 0.25) is 10.0 Å². The minimum absolute atomic E-state index is 0.0627. The molecule has 1 amide bonds. The lowest BCUT2D eigenvalue weighted by molar-refractivity contribution is 0.0742. The molecule has 6 nitrogen and oxygen atoms in total. The number of pyridine rings is 1. The van der Waals surface area contributed by atoms with Crippen LogP contribution in [0.3, 0.4) is 0 Å². The van der Waals surface area contributed by atoms with Gasteiger partial charge in [-0.25, -0.2) is 4.98 Å². The van der Waals surface area contributed by atoms with E-state index < -0.39 is 0 Å². The van der Waals surface area contributed by atoms with Crippen LogP contribution in [0.25, 0.3) is 0 Å². The molecule has 0 spiro atoms. The van der Waals surface area contributed by atoms with Crippen molar-refractivity contribution in [3.8, 4) is 0 Å². The number of hydrogen-bond donors (Lipinski definition) is 1. The molecule has 0 atom stereocenters. The predicted molar refractivity (Wildman–Crippen MR) is 114 cm³/mol. The van der Waals surface area contributed by atoms with Gasteiger partial charge in [-0.15, -0.1) is 11.3 Å². The predicted octanol–water partition coefficient (Wildman–Crippen LogP) is 4.55. The quantitative estimate of drug-likeness (QED) is 0.653. The summed E-state index contributed by atoms with van der Waals surface area (Å²) in [6.07, 6.45) is 3.42. The van der Waals surface area contributed by atoms with E-state index in [0.717, 1.165) is 11.4 Å². The number of benzene rings is 1. The van der Waals surface area contributed by atoms with Gasteiger partial charge >= 0.3 is 0 Å². The molecule has 0 saturated carbocycles. The summed E-state index contributed by atoms with van der Waals surface area (Å²) in [6.45, 7) is 2.59. The van der Waals surface area contributed by atoms with Gasteiger partial charge in [0.05, 0.1) is 27.6 Å². The first-order chi connectivity index (χ1) is 13.6. The van der Waals surface area contributed by atoms with Gasteiger partial charge < -0.3 is 15.1 Å². The SMILES string of the molecule is O=C(c1csc(Nc2cccnc2)n1)N1CCN(c2cccc(Cl)c2Cl)CC1. The van der Waals surface area contributed by atoms with E-state index >= 15 is 0 Å². The lowest BCUT2D eigenvalue weighted by Crippen LogP contribution is -2.49. The van der Waals surface area contributed by atoms with Crippen LogP contribution in [0.4, 0.5) is 16.5 Å². The number of piperazine rings is 1. The number of nitrogens with one attached hydrogen (secondary N) is 1. The third-order valence-corrected chi connectivity index (χ3v) is 6.04. The molecule has 1 N–H and O–H groups in total. The number of carbonyl (C=O) groups is 1. The van der Waals surface area contributed by atoms with Crippen molar-refractivity contribution in [2.45, 2.75) is 0 Å². The van der Waals surface area contributed by atoms with Crippen LogP contribution < -0.4 is 10.2 Å². The number of hydrogen-bond acceptors (Lipinski definition) is 6. The van der Waals surface area contributed by atoms with Crippen molar-refractivity contribution < 1.29 is 4.79 Å². The van der Waals surface area contributed by atoms with Gasteiger partial charge in [0, 0.05) is 37.8 Å². The number of halogens is 2. The number of carbonyl (C=O) groups excluding carboxylic acids is 1. The van der Waals surface area contributed by atoms with Crippen LogP contribution in [0.15, 0.2) is 48.1 Å². The average molecular weight is 434 g/mol. The van der Waals surface area contributed by atoms with Crippen LogP contribution in [0, 0.1) is 0 Å². The van der Waals surface area contributed by atoms with Gasteiger partial charge in [-0.1, -0.05) is 29.3 Å². The molecule has 0 aliphatic carbocycles. The maximum absolute atomic E-state index is 12.8. The molecular weight excluding hydrogens is 417 g/mol. The molecule has 9 heteroatoms. The second-order valence-electron chi connectivity index (χ2n) is 6.26. The lowest BCUT2D eigenvalue weighted by Gasteiger charge is -2.36. The molecule has 0 bridgehead atoms. The van der Waals surface area contributed by atoms with Crippen molar-refractivity contribution in [3.63, 3.8) is 0 Å². The van der Waals surface area contributed by atoms with E-state index in [1.165, 1.54) is 11.3 Å². The molecule has 28 heavy (non-hydrogen) atoms. The van der Waals surface area contributed by atoms with Gasteiger partial charge in [0.25, 0.3) is 5.91 Å². The minimum atomic E-state index is -0.0627. The summed E-state index contributed by atoms with van der Waals surface area (Å²) in [5.74, 6) is -0.0627. The van der Waals surface area contributed by atoms with Gasteiger partial charge in [-0.05, 0) is 24.3 Å². The summed E-state index contributed by atoms with van der Waals surface area (Å²) >= 11 is 13.8. The summed E-state index contributed by atoms with van der Waals surface area (Å²) in [5.41, 5.74) is 2.19. The summed E-state index contributed by atoms with van der Waals surface area (Å²) in [4.78, 5) is 25.2. The number of thiazole rings is 1. The highest BCUT2D eigenvalue weighted by Gasteiger charge is 2.25. The molecule has 144 valence electrons. The Kier molecular flexibility index (Phi) is 5.66. The standard InChI is InChI=1S/C19H17Cl2N5OS/c20-14-4-1-5-16(17(14)21)25-7-9-26(10-8-25)18(27)15-12-28-19(24-15)23-13-3-2-6-22-11-13/h1-6,11-12H,7-10H2,(H,23,24). The Labute approximate surface area is 176 Å². The second-order valence-corrected chi connectivity index (χ2v) is 7.90. The maximum atomic E-state index is 12.8. The largest absolute Gasteiger partial charge is 0.367 e. The second kappa shape index (κ2) is 8.34. The number of nitrogens with zero attached hydrogens (tertiary/aromatic N) is 4. The Morgan fingerprint density at radius 1 is 1.11 bits per heavy atom. The van der Waals surface area contributed by atoms with Crippen molar-refractivity contribution in [1.29, 1.82) is 0 Å². The van der Waals surface area contributed by atoms with Gasteiger partial charge in [-0.3, -0.25) is 9.78 Å². The van der Waals surface area contributed by atoms with E-state index in [-0.39, 0.29) is 5.91 Å². The van der Waals surface area contributed by atoms with E-state index in [0.29, 0.717) is 47.0 Å². The molecule has 2 aromatic heterocycles. The number of rotatable bonds is 4. The molecule has 0 unspecified atom stereocenters. The van der Waals surface area contributed by atoms with Crippen LogP contribution in [-0.4, -0.2) is 47.0 Å². The van der Waals surface area contributed by atoms with Crippen molar-refractivity contribution >= 4 is 57.0 Å². The van der Waals surface area contributed by atoms with E-state index in [9.17, 15) is 4.79 Å². The van der Waals surface area contributed by atoms with Gasteiger partial charge in [0.15, 0.2) is 5.13 Å². The Hall–Kier alpha value is -2.35. The van der Waals surface area contributed by atoms with Crippen molar-refractivity contribution in [1.82, 2.24) is 14.9 Å². The van der Waals surface area contributed by atoms with Crippen LogP contribution in [-0.2, 0) is 0 Å². The lowest BCUT2D eigenvalue weighted by atomic mass is 10.2. The van der Waals surface area contributed by atoms with Gasteiger partial charge in [0.2, 0.25) is 0 Å². The molecule has 4 rings (SSSR count). The molecule has 1 saturated heterocycles. The molecule has 3 aromatic rings. The maximum Gasteiger partial charge on any atom is 0.273 e. The van der Waals surface area contributed by atoms with E-state index in [2.05, 4.69) is 20.2 Å². The fourth-order valence-corrected chi connectivity index (χ4v) is 4.16. The third kappa shape index (κ3) is 4.06. The fraction of sp³-hybridized carbons (Fsp3) is 0.211. The minimum Gasteiger partial charge on any atom is -0.367 e. The highest BCUT2D eigenvalue weighted by molar-refractivity contribution is 7.14. The summed E-state index contributed by atoms with van der Waals surface area (Å²) in [7, 11) is 0. The monoisotopic (exact) mass is 433 g/mol. The zero-order chi connectivity index (χ0) is 19.5. The summed E-state index contributed by atoms with van der Waals surface area (Å²) < 4.78 is 0. The Morgan fingerprint density at radius 2 is 1.93 bits per heavy atom. The topological polar surface area (TPSA) is 61.4 Å². The van der Waals surface area contributed by atoms with Crippen molar-refractivity contribution in [2.24, 2.45) is 0 Å². The highest BCUT2D eigenvalue weighted by Crippen LogP contribution is 2.33. The van der Waals surface area contributed by atoms with E-state index in [1.807, 2.05) is 29.2 Å². The van der Waals surface area contributed by atoms with Crippen molar-refractivity contribution in [2.75, 3.05) is 36.4 Å². The molecule has 3 heterocycles. The average Bonchev–Trinajstić information content (AvgIpc) is 3.19. The summed E-state index contributed by atoms with van der Waals surface area (Å²) in [6, 6.07) is 9.34. The van der Waals surface area contributed by atoms with Crippen molar-refractivity contribution in [3.05, 3.63) is 63.8 Å². The smallest absolute Gasteiger partial charge is 0.273 e. The first-order valence-corrected chi connectivity index (χ1v) is 10.4. The third-order valence-electron chi connectivity index (χ3n) is 4.47. The number of amides is 1. The number of aromatic nitrogens is 2. The highest BCUT2D eigenvalue weighted by atomic mass is 35.5. The normalized spacial score (nSPS) is 14.2. The van der Waals surface area contributed by atoms with Crippen LogP contribution in [0.1, 0.15) is 10.5 Å². The van der Waals surface area contributed by atoms with Crippen LogP contribution in [0.5, 0.6) is 0 Å². The first kappa shape index (κ1) is 19.0. The molecule has 1 aliphatic rings. The zero-order valence-electron chi connectivity index (χ0n) is 14.8. The molecule has 0 radical (unpaired) electrons. The molecule has 1 aromatic carbocycles. The summed E-state index contributed by atoms with van der Waals surface area (Å²) in [5, 5.41) is 6.69. The van der Waals surface area contributed by atoms with Crippen LogP contribution >= 0.6 is 34.5 Å². The fourth-order valence-electron chi connectivity index (χ4n) is 3.04. The van der Waals surface area contributed by atoms with E-state index in [4.69, 9.17) is 23.2 Å². The zero-order valence-corrected chi connectivity index (χ0v) is 17.1. The molecular formula is C19H17Cl2N5OS. The Morgan fingerprint density at radius 3 is 2.68 bits per heavy atom. The van der Waals surface area contributed by atoms with E-state index in [1.54, 1.807) is 23.8 Å². The Balaban J connectivity index is 1.38. The van der Waals surface area contributed by atoms with Gasteiger partial charge in [0.1, 0.15) is 5.69 Å². The molecule has 1 fully saturated rings. The first-order valence-electron chi connectivity index (χ1n) is 8.72.